The second kappa shape index (κ2) is 5.08. The normalized spacial score (nSPS) is 31.7. The Kier molecular flexibility index (Phi) is 3.90. The SMILES string of the molecule is NCC1(NCCC2=CCCC2)CCS(=O)(=O)C1. The quantitative estimate of drug-likeness (QED) is 0.708. The fourth-order valence-electron chi connectivity index (χ4n) is 2.74. The van der Waals surface area contributed by atoms with E-state index in [9.17, 15) is 8.42 Å². The van der Waals surface area contributed by atoms with Gasteiger partial charge in [-0.05, 0) is 38.6 Å². The fraction of sp³-hybridized carbons (Fsp3) is 0.833. The van der Waals surface area contributed by atoms with E-state index in [1.165, 1.54) is 24.8 Å². The maximum absolute atomic E-state index is 11.5. The van der Waals surface area contributed by atoms with Gasteiger partial charge in [-0.25, -0.2) is 8.42 Å². The van der Waals surface area contributed by atoms with Gasteiger partial charge in [-0.2, -0.15) is 0 Å². The van der Waals surface area contributed by atoms with E-state index < -0.39 is 9.84 Å². The molecule has 1 atom stereocenters. The molecule has 0 spiro atoms. The van der Waals surface area contributed by atoms with Gasteiger partial charge in [-0.3, -0.25) is 0 Å². The minimum atomic E-state index is -2.87. The number of allylic oxidation sites excluding steroid dienone is 1. The zero-order chi connectivity index (χ0) is 12.4. The maximum Gasteiger partial charge on any atom is 0.152 e. The number of hydrogen-bond acceptors (Lipinski definition) is 4. The number of hydrogen-bond donors (Lipinski definition) is 2. The summed E-state index contributed by atoms with van der Waals surface area (Å²) in [6.07, 6.45) is 7.67. The zero-order valence-corrected chi connectivity index (χ0v) is 11.1. The summed E-state index contributed by atoms with van der Waals surface area (Å²) in [7, 11) is -2.87. The summed E-state index contributed by atoms with van der Waals surface area (Å²) in [6.45, 7) is 1.25. The molecule has 0 radical (unpaired) electrons. The van der Waals surface area contributed by atoms with Crippen molar-refractivity contribution in [3.05, 3.63) is 11.6 Å². The lowest BCUT2D eigenvalue weighted by molar-refractivity contribution is 0.374. The van der Waals surface area contributed by atoms with Gasteiger partial charge in [0.2, 0.25) is 0 Å². The van der Waals surface area contributed by atoms with Crippen molar-refractivity contribution in [2.24, 2.45) is 5.73 Å². The molecule has 0 amide bonds. The van der Waals surface area contributed by atoms with E-state index in [1.807, 2.05) is 0 Å². The predicted octanol–water partition coefficient (Wildman–Crippen LogP) is 0.592. The highest BCUT2D eigenvalue weighted by Gasteiger charge is 2.40. The Labute approximate surface area is 104 Å². The summed E-state index contributed by atoms with van der Waals surface area (Å²) in [4.78, 5) is 0. The van der Waals surface area contributed by atoms with E-state index in [4.69, 9.17) is 5.73 Å². The summed E-state index contributed by atoms with van der Waals surface area (Å²) in [5, 5.41) is 3.38. The fourth-order valence-corrected chi connectivity index (χ4v) is 4.79. The second-order valence-electron chi connectivity index (χ2n) is 5.26. The Morgan fingerprint density at radius 3 is 2.82 bits per heavy atom. The van der Waals surface area contributed by atoms with Crippen LogP contribution in [-0.4, -0.2) is 38.6 Å². The number of sulfone groups is 1. The van der Waals surface area contributed by atoms with Crippen LogP contribution in [0.3, 0.4) is 0 Å². The number of rotatable bonds is 5. The van der Waals surface area contributed by atoms with Crippen LogP contribution in [0.5, 0.6) is 0 Å². The van der Waals surface area contributed by atoms with E-state index in [0.717, 1.165) is 13.0 Å². The molecule has 0 saturated carbocycles. The highest BCUT2D eigenvalue weighted by atomic mass is 32.2. The lowest BCUT2D eigenvalue weighted by Crippen LogP contribution is -2.52. The molecule has 0 bridgehead atoms. The summed E-state index contributed by atoms with van der Waals surface area (Å²) < 4.78 is 23.0. The third kappa shape index (κ3) is 3.30. The van der Waals surface area contributed by atoms with Crippen molar-refractivity contribution >= 4 is 9.84 Å². The molecule has 1 unspecified atom stereocenters. The van der Waals surface area contributed by atoms with E-state index in [2.05, 4.69) is 11.4 Å². The summed E-state index contributed by atoms with van der Waals surface area (Å²) in [5.41, 5.74) is 6.88. The molecule has 17 heavy (non-hydrogen) atoms. The molecule has 2 rings (SSSR count). The monoisotopic (exact) mass is 258 g/mol. The molecule has 1 fully saturated rings. The number of nitrogens with two attached hydrogens (primary N) is 1. The highest BCUT2D eigenvalue weighted by Crippen LogP contribution is 2.24. The first-order valence-electron chi connectivity index (χ1n) is 6.39. The minimum absolute atomic E-state index is 0.204. The van der Waals surface area contributed by atoms with Crippen LogP contribution in [0.2, 0.25) is 0 Å². The van der Waals surface area contributed by atoms with Crippen LogP contribution in [0.15, 0.2) is 11.6 Å². The topological polar surface area (TPSA) is 72.2 Å². The van der Waals surface area contributed by atoms with Crippen molar-refractivity contribution in [3.63, 3.8) is 0 Å². The molecule has 2 aliphatic rings. The van der Waals surface area contributed by atoms with Crippen LogP contribution in [0.4, 0.5) is 0 Å². The van der Waals surface area contributed by atoms with Gasteiger partial charge in [0.05, 0.1) is 11.5 Å². The Balaban J connectivity index is 1.84. The molecule has 1 aliphatic heterocycles. The first kappa shape index (κ1) is 13.1. The number of nitrogens with one attached hydrogen (secondary N) is 1. The molecule has 0 aromatic rings. The van der Waals surface area contributed by atoms with E-state index in [1.54, 1.807) is 0 Å². The molecule has 4 nitrogen and oxygen atoms in total. The smallest absolute Gasteiger partial charge is 0.152 e. The molecule has 98 valence electrons. The van der Waals surface area contributed by atoms with Gasteiger partial charge >= 0.3 is 0 Å². The lowest BCUT2D eigenvalue weighted by atomic mass is 9.99. The molecule has 1 heterocycles. The molecule has 0 aromatic carbocycles. The largest absolute Gasteiger partial charge is 0.329 e. The average molecular weight is 258 g/mol. The van der Waals surface area contributed by atoms with Crippen molar-refractivity contribution in [2.45, 2.75) is 37.6 Å². The predicted molar refractivity (Wildman–Crippen MR) is 69.6 cm³/mol. The van der Waals surface area contributed by atoms with Gasteiger partial charge in [-0.1, -0.05) is 11.6 Å². The Morgan fingerprint density at radius 1 is 1.47 bits per heavy atom. The Hall–Kier alpha value is -0.390. The van der Waals surface area contributed by atoms with E-state index in [-0.39, 0.29) is 17.0 Å². The Bertz CT molecular complexity index is 403. The molecular weight excluding hydrogens is 236 g/mol. The molecule has 0 aromatic heterocycles. The van der Waals surface area contributed by atoms with Gasteiger partial charge in [0, 0.05) is 12.1 Å². The Morgan fingerprint density at radius 2 is 2.29 bits per heavy atom. The van der Waals surface area contributed by atoms with Crippen molar-refractivity contribution in [1.29, 1.82) is 0 Å². The van der Waals surface area contributed by atoms with E-state index in [0.29, 0.717) is 13.0 Å². The lowest BCUT2D eigenvalue weighted by Gasteiger charge is -2.27. The van der Waals surface area contributed by atoms with Crippen LogP contribution in [0.1, 0.15) is 32.1 Å². The minimum Gasteiger partial charge on any atom is -0.329 e. The van der Waals surface area contributed by atoms with Gasteiger partial charge < -0.3 is 11.1 Å². The maximum atomic E-state index is 11.5. The van der Waals surface area contributed by atoms with Crippen LogP contribution in [0.25, 0.3) is 0 Å². The third-order valence-corrected chi connectivity index (χ3v) is 5.68. The average Bonchev–Trinajstić information content (AvgIpc) is 2.87. The zero-order valence-electron chi connectivity index (χ0n) is 10.2. The summed E-state index contributed by atoms with van der Waals surface area (Å²) in [5.74, 6) is 0.482. The molecule has 1 aliphatic carbocycles. The first-order chi connectivity index (χ1) is 8.05. The van der Waals surface area contributed by atoms with Gasteiger partial charge in [-0.15, -0.1) is 0 Å². The van der Waals surface area contributed by atoms with Crippen LogP contribution < -0.4 is 11.1 Å². The highest BCUT2D eigenvalue weighted by molar-refractivity contribution is 7.91. The van der Waals surface area contributed by atoms with Crippen molar-refractivity contribution in [2.75, 3.05) is 24.6 Å². The molecule has 3 N–H and O–H groups in total. The van der Waals surface area contributed by atoms with Crippen molar-refractivity contribution in [3.8, 4) is 0 Å². The van der Waals surface area contributed by atoms with Gasteiger partial charge in [0.1, 0.15) is 0 Å². The molecule has 1 saturated heterocycles. The summed E-state index contributed by atoms with van der Waals surface area (Å²) >= 11 is 0. The molecular formula is C12H22N2O2S. The van der Waals surface area contributed by atoms with E-state index >= 15 is 0 Å². The van der Waals surface area contributed by atoms with Crippen LogP contribution >= 0.6 is 0 Å². The van der Waals surface area contributed by atoms with Crippen molar-refractivity contribution < 1.29 is 8.42 Å². The standard InChI is InChI=1S/C12H22N2O2S/c13-9-12(6-8-17(15,16)10-12)14-7-5-11-3-1-2-4-11/h3,14H,1-2,4-10,13H2. The van der Waals surface area contributed by atoms with Crippen LogP contribution in [-0.2, 0) is 9.84 Å². The second-order valence-corrected chi connectivity index (χ2v) is 7.44. The third-order valence-electron chi connectivity index (χ3n) is 3.86. The first-order valence-corrected chi connectivity index (χ1v) is 8.21. The van der Waals surface area contributed by atoms with Crippen molar-refractivity contribution in [1.82, 2.24) is 5.32 Å². The summed E-state index contributed by atoms with van der Waals surface area (Å²) in [6, 6.07) is 0. The van der Waals surface area contributed by atoms with Gasteiger partial charge in [0.15, 0.2) is 9.84 Å². The van der Waals surface area contributed by atoms with Crippen LogP contribution in [0, 0.1) is 0 Å². The molecule has 5 heteroatoms. The van der Waals surface area contributed by atoms with Gasteiger partial charge in [0.25, 0.3) is 0 Å².